The summed E-state index contributed by atoms with van der Waals surface area (Å²) in [5.74, 6) is -0.126. The van der Waals surface area contributed by atoms with Crippen molar-refractivity contribution in [3.05, 3.63) is 28.0 Å². The first-order valence-electron chi connectivity index (χ1n) is 4.24. The summed E-state index contributed by atoms with van der Waals surface area (Å²) in [5, 5.41) is 3.20. The van der Waals surface area contributed by atoms with E-state index in [9.17, 15) is 4.39 Å². The summed E-state index contributed by atoms with van der Waals surface area (Å²) >= 11 is 3.27. The molecule has 70 valence electrons. The minimum Gasteiger partial charge on any atom is -0.384 e. The Morgan fingerprint density at radius 3 is 2.85 bits per heavy atom. The van der Waals surface area contributed by atoms with Gasteiger partial charge in [0.1, 0.15) is 5.82 Å². The maximum absolute atomic E-state index is 13.6. The third-order valence-corrected chi connectivity index (χ3v) is 2.91. The highest BCUT2D eigenvalue weighted by atomic mass is 79.9. The number of anilines is 1. The summed E-state index contributed by atoms with van der Waals surface area (Å²) in [6, 6.07) is 3.45. The molecule has 3 heteroatoms. The average Bonchev–Trinajstić information content (AvgIpc) is 2.26. The average molecular weight is 244 g/mol. The van der Waals surface area contributed by atoms with Crippen molar-refractivity contribution in [1.29, 1.82) is 0 Å². The normalized spacial score (nSPS) is 18.2. The molecule has 0 radical (unpaired) electrons. The van der Waals surface area contributed by atoms with Crippen LogP contribution in [0.3, 0.4) is 0 Å². The molecule has 0 atom stereocenters. The second-order valence-electron chi connectivity index (χ2n) is 4.05. The second kappa shape index (κ2) is 2.71. The minimum absolute atomic E-state index is 0.0971. The summed E-state index contributed by atoms with van der Waals surface area (Å²) in [7, 11) is 0. The van der Waals surface area contributed by atoms with Crippen LogP contribution in [0.4, 0.5) is 10.1 Å². The van der Waals surface area contributed by atoms with Gasteiger partial charge in [-0.05, 0) is 12.1 Å². The van der Waals surface area contributed by atoms with Crippen LogP contribution >= 0.6 is 15.9 Å². The number of halogens is 2. The van der Waals surface area contributed by atoms with Crippen LogP contribution in [0.1, 0.15) is 19.4 Å². The molecule has 0 fully saturated rings. The Balaban J connectivity index is 2.65. The first kappa shape index (κ1) is 9.00. The summed E-state index contributed by atoms with van der Waals surface area (Å²) in [6.45, 7) is 4.89. The van der Waals surface area contributed by atoms with Gasteiger partial charge in [-0.1, -0.05) is 29.8 Å². The number of benzene rings is 1. The van der Waals surface area contributed by atoms with Crippen LogP contribution in [0, 0.1) is 5.82 Å². The molecule has 2 rings (SSSR count). The molecule has 0 saturated heterocycles. The van der Waals surface area contributed by atoms with Crippen LogP contribution in [0.15, 0.2) is 16.6 Å². The lowest BCUT2D eigenvalue weighted by molar-refractivity contribution is 0.527. The highest BCUT2D eigenvalue weighted by Crippen LogP contribution is 2.39. The van der Waals surface area contributed by atoms with Crippen molar-refractivity contribution in [2.45, 2.75) is 19.3 Å². The quantitative estimate of drug-likeness (QED) is 0.738. The SMILES string of the molecule is CC1(C)CNc2cc(Br)cc(F)c21. The summed E-state index contributed by atoms with van der Waals surface area (Å²) in [5.41, 5.74) is 1.62. The second-order valence-corrected chi connectivity index (χ2v) is 4.96. The molecule has 0 unspecified atom stereocenters. The lowest BCUT2D eigenvalue weighted by atomic mass is 9.87. The zero-order valence-corrected chi connectivity index (χ0v) is 9.20. The number of fused-ring (bicyclic) bond motifs is 1. The van der Waals surface area contributed by atoms with E-state index in [1.165, 1.54) is 6.07 Å². The van der Waals surface area contributed by atoms with Gasteiger partial charge in [0, 0.05) is 27.7 Å². The Hall–Kier alpha value is -0.570. The van der Waals surface area contributed by atoms with Crippen molar-refractivity contribution in [2.75, 3.05) is 11.9 Å². The van der Waals surface area contributed by atoms with E-state index in [0.717, 1.165) is 22.3 Å². The van der Waals surface area contributed by atoms with Crippen molar-refractivity contribution < 1.29 is 4.39 Å². The first-order valence-corrected chi connectivity index (χ1v) is 5.03. The topological polar surface area (TPSA) is 12.0 Å². The molecular formula is C10H11BrFN. The Morgan fingerprint density at radius 1 is 1.46 bits per heavy atom. The Labute approximate surface area is 85.5 Å². The van der Waals surface area contributed by atoms with Crippen molar-refractivity contribution >= 4 is 21.6 Å². The molecule has 0 spiro atoms. The van der Waals surface area contributed by atoms with Gasteiger partial charge < -0.3 is 5.32 Å². The maximum atomic E-state index is 13.6. The molecule has 0 aromatic heterocycles. The molecule has 1 aromatic carbocycles. The molecular weight excluding hydrogens is 233 g/mol. The number of hydrogen-bond acceptors (Lipinski definition) is 1. The van der Waals surface area contributed by atoms with Gasteiger partial charge in [-0.15, -0.1) is 0 Å². The Kier molecular flexibility index (Phi) is 1.88. The van der Waals surface area contributed by atoms with E-state index in [1.807, 2.05) is 19.9 Å². The van der Waals surface area contributed by atoms with Gasteiger partial charge >= 0.3 is 0 Å². The van der Waals surface area contributed by atoms with E-state index in [0.29, 0.717) is 0 Å². The third kappa shape index (κ3) is 1.35. The molecule has 1 nitrogen and oxygen atoms in total. The van der Waals surface area contributed by atoms with Crippen molar-refractivity contribution in [2.24, 2.45) is 0 Å². The predicted octanol–water partition coefficient (Wildman–Crippen LogP) is 3.29. The van der Waals surface area contributed by atoms with Crippen molar-refractivity contribution in [3.63, 3.8) is 0 Å². The van der Waals surface area contributed by atoms with E-state index in [1.54, 1.807) is 0 Å². The van der Waals surface area contributed by atoms with Crippen LogP contribution in [-0.2, 0) is 5.41 Å². The third-order valence-electron chi connectivity index (χ3n) is 2.45. The van der Waals surface area contributed by atoms with E-state index in [2.05, 4.69) is 21.2 Å². The standard InChI is InChI=1S/C10H11BrFN/c1-10(2)5-13-8-4-6(11)3-7(12)9(8)10/h3-4,13H,5H2,1-2H3. The molecule has 0 saturated carbocycles. The minimum atomic E-state index is -0.126. The molecule has 0 bridgehead atoms. The van der Waals surface area contributed by atoms with E-state index in [-0.39, 0.29) is 11.2 Å². The van der Waals surface area contributed by atoms with E-state index < -0.39 is 0 Å². The van der Waals surface area contributed by atoms with Crippen molar-refractivity contribution in [3.8, 4) is 0 Å². The Bertz CT molecular complexity index is 360. The number of rotatable bonds is 0. The fraction of sp³-hybridized carbons (Fsp3) is 0.400. The zero-order valence-electron chi connectivity index (χ0n) is 7.62. The van der Waals surface area contributed by atoms with Gasteiger partial charge in [0.2, 0.25) is 0 Å². The van der Waals surface area contributed by atoms with Crippen LogP contribution in [-0.4, -0.2) is 6.54 Å². The maximum Gasteiger partial charge on any atom is 0.130 e. The largest absolute Gasteiger partial charge is 0.384 e. The molecule has 0 aliphatic carbocycles. The fourth-order valence-corrected chi connectivity index (χ4v) is 2.24. The van der Waals surface area contributed by atoms with Gasteiger partial charge in [0.25, 0.3) is 0 Å². The van der Waals surface area contributed by atoms with Crippen LogP contribution in [0.5, 0.6) is 0 Å². The predicted molar refractivity (Wildman–Crippen MR) is 55.6 cm³/mol. The highest BCUT2D eigenvalue weighted by Gasteiger charge is 2.32. The zero-order chi connectivity index (χ0) is 9.64. The lowest BCUT2D eigenvalue weighted by Crippen LogP contribution is -2.20. The number of hydrogen-bond donors (Lipinski definition) is 1. The number of nitrogens with one attached hydrogen (secondary N) is 1. The van der Waals surface area contributed by atoms with E-state index >= 15 is 0 Å². The molecule has 0 amide bonds. The smallest absolute Gasteiger partial charge is 0.130 e. The van der Waals surface area contributed by atoms with Gasteiger partial charge in [-0.3, -0.25) is 0 Å². The summed E-state index contributed by atoms with van der Waals surface area (Å²) < 4.78 is 14.4. The van der Waals surface area contributed by atoms with Crippen molar-refractivity contribution in [1.82, 2.24) is 0 Å². The van der Waals surface area contributed by atoms with Gasteiger partial charge in [-0.25, -0.2) is 4.39 Å². The van der Waals surface area contributed by atoms with Crippen LogP contribution < -0.4 is 5.32 Å². The molecule has 1 N–H and O–H groups in total. The lowest BCUT2D eigenvalue weighted by Gasteiger charge is -2.17. The molecule has 13 heavy (non-hydrogen) atoms. The first-order chi connectivity index (χ1) is 6.00. The fourth-order valence-electron chi connectivity index (χ4n) is 1.81. The van der Waals surface area contributed by atoms with Crippen LogP contribution in [0.2, 0.25) is 0 Å². The van der Waals surface area contributed by atoms with Gasteiger partial charge in [-0.2, -0.15) is 0 Å². The molecule has 1 aliphatic rings. The molecule has 1 aromatic rings. The summed E-state index contributed by atoms with van der Waals surface area (Å²) in [4.78, 5) is 0. The van der Waals surface area contributed by atoms with Crippen LogP contribution in [0.25, 0.3) is 0 Å². The van der Waals surface area contributed by atoms with E-state index in [4.69, 9.17) is 0 Å². The van der Waals surface area contributed by atoms with Gasteiger partial charge in [0.15, 0.2) is 0 Å². The Morgan fingerprint density at radius 2 is 2.15 bits per heavy atom. The monoisotopic (exact) mass is 243 g/mol. The van der Waals surface area contributed by atoms with Gasteiger partial charge in [0.05, 0.1) is 0 Å². The molecule has 1 aliphatic heterocycles. The highest BCUT2D eigenvalue weighted by molar-refractivity contribution is 9.10. The molecule has 1 heterocycles. The summed E-state index contributed by atoms with van der Waals surface area (Å²) in [6.07, 6.45) is 0.